The molecule has 0 aliphatic carbocycles. The molecule has 4 nitrogen and oxygen atoms in total. The van der Waals surface area contributed by atoms with Crippen LogP contribution >= 0.6 is 0 Å². The van der Waals surface area contributed by atoms with Crippen LogP contribution in [0.3, 0.4) is 0 Å². The Kier molecular flexibility index (Phi) is 3.78. The van der Waals surface area contributed by atoms with Gasteiger partial charge in [0, 0.05) is 5.69 Å². The van der Waals surface area contributed by atoms with Gasteiger partial charge in [0.05, 0.1) is 22.2 Å². The number of hydrogen-bond acceptors (Lipinski definition) is 4. The standard InChI is InChI=1S/C21H16N2O2/c1-14-10-12-15(13-11-14)22-18-8-4-2-6-16(18)20-23-19-9-5-3-7-17(19)21(24)25-20/h2-13,22H,1H3. The van der Waals surface area contributed by atoms with Crippen LogP contribution in [0.5, 0.6) is 0 Å². The van der Waals surface area contributed by atoms with Crippen LogP contribution in [0.15, 0.2) is 82.0 Å². The molecule has 0 amide bonds. The van der Waals surface area contributed by atoms with E-state index in [0.717, 1.165) is 16.9 Å². The lowest BCUT2D eigenvalue weighted by Gasteiger charge is -2.11. The molecule has 0 saturated heterocycles. The maximum Gasteiger partial charge on any atom is 0.347 e. The van der Waals surface area contributed by atoms with Gasteiger partial charge in [-0.1, -0.05) is 42.0 Å². The molecule has 0 radical (unpaired) electrons. The van der Waals surface area contributed by atoms with Crippen LogP contribution in [0.2, 0.25) is 0 Å². The average Bonchev–Trinajstić information content (AvgIpc) is 2.64. The molecule has 0 aliphatic rings. The van der Waals surface area contributed by atoms with Crippen molar-refractivity contribution in [3.05, 3.63) is 88.8 Å². The van der Waals surface area contributed by atoms with Gasteiger partial charge in [-0.25, -0.2) is 9.78 Å². The topological polar surface area (TPSA) is 55.1 Å². The number of nitrogens with one attached hydrogen (secondary N) is 1. The predicted molar refractivity (Wildman–Crippen MR) is 100 cm³/mol. The van der Waals surface area contributed by atoms with E-state index in [9.17, 15) is 4.79 Å². The number of para-hydroxylation sites is 2. The summed E-state index contributed by atoms with van der Waals surface area (Å²) in [5.74, 6) is 0.305. The number of aromatic nitrogens is 1. The van der Waals surface area contributed by atoms with Gasteiger partial charge in [0.25, 0.3) is 0 Å². The number of nitrogens with zero attached hydrogens (tertiary/aromatic N) is 1. The van der Waals surface area contributed by atoms with E-state index < -0.39 is 0 Å². The lowest BCUT2D eigenvalue weighted by molar-refractivity contribution is 0.518. The third-order valence-corrected chi connectivity index (χ3v) is 4.02. The zero-order valence-corrected chi connectivity index (χ0v) is 13.7. The van der Waals surface area contributed by atoms with Crippen LogP contribution in [0.25, 0.3) is 22.4 Å². The molecule has 1 heterocycles. The molecule has 4 aromatic rings. The Labute approximate surface area is 144 Å². The summed E-state index contributed by atoms with van der Waals surface area (Å²) in [6, 6.07) is 22.9. The van der Waals surface area contributed by atoms with E-state index in [1.54, 1.807) is 12.1 Å². The number of anilines is 2. The second-order valence-electron chi connectivity index (χ2n) is 5.86. The minimum absolute atomic E-state index is 0.305. The highest BCUT2D eigenvalue weighted by molar-refractivity contribution is 5.82. The maximum atomic E-state index is 12.3. The number of fused-ring (bicyclic) bond motifs is 1. The van der Waals surface area contributed by atoms with Crippen LogP contribution in [0, 0.1) is 6.92 Å². The third kappa shape index (κ3) is 3.02. The van der Waals surface area contributed by atoms with Crippen molar-refractivity contribution in [1.82, 2.24) is 4.98 Å². The summed E-state index contributed by atoms with van der Waals surface area (Å²) < 4.78 is 5.47. The molecule has 0 unspecified atom stereocenters. The number of hydrogen-bond donors (Lipinski definition) is 1. The normalized spacial score (nSPS) is 10.8. The van der Waals surface area contributed by atoms with E-state index in [2.05, 4.69) is 10.3 Å². The first-order valence-electron chi connectivity index (χ1n) is 8.04. The summed E-state index contributed by atoms with van der Waals surface area (Å²) >= 11 is 0. The predicted octanol–water partition coefficient (Wildman–Crippen LogP) is 4.91. The zero-order chi connectivity index (χ0) is 17.2. The highest BCUT2D eigenvalue weighted by Gasteiger charge is 2.12. The van der Waals surface area contributed by atoms with Crippen LogP contribution < -0.4 is 10.9 Å². The monoisotopic (exact) mass is 328 g/mol. The van der Waals surface area contributed by atoms with E-state index in [1.807, 2.05) is 67.6 Å². The molecule has 25 heavy (non-hydrogen) atoms. The van der Waals surface area contributed by atoms with Crippen molar-refractivity contribution in [2.24, 2.45) is 0 Å². The molecule has 3 aromatic carbocycles. The van der Waals surface area contributed by atoms with Gasteiger partial charge in [0.15, 0.2) is 0 Å². The van der Waals surface area contributed by atoms with Crippen LogP contribution in [-0.4, -0.2) is 4.98 Å². The van der Waals surface area contributed by atoms with E-state index in [0.29, 0.717) is 16.8 Å². The summed E-state index contributed by atoms with van der Waals surface area (Å²) in [6.45, 7) is 2.05. The van der Waals surface area contributed by atoms with Crippen molar-refractivity contribution in [2.75, 3.05) is 5.32 Å². The van der Waals surface area contributed by atoms with Crippen LogP contribution in [-0.2, 0) is 0 Å². The fourth-order valence-corrected chi connectivity index (χ4v) is 2.70. The summed E-state index contributed by atoms with van der Waals surface area (Å²) in [5.41, 5.74) is 3.97. The first kappa shape index (κ1) is 15.1. The van der Waals surface area contributed by atoms with E-state index in [1.165, 1.54) is 5.56 Å². The second kappa shape index (κ2) is 6.24. The fourth-order valence-electron chi connectivity index (χ4n) is 2.70. The van der Waals surface area contributed by atoms with Crippen molar-refractivity contribution in [1.29, 1.82) is 0 Å². The van der Waals surface area contributed by atoms with Crippen molar-refractivity contribution >= 4 is 22.3 Å². The third-order valence-electron chi connectivity index (χ3n) is 4.02. The summed E-state index contributed by atoms with van der Waals surface area (Å²) in [6.07, 6.45) is 0. The Morgan fingerprint density at radius 3 is 2.44 bits per heavy atom. The molecule has 0 aliphatic heterocycles. The lowest BCUT2D eigenvalue weighted by atomic mass is 10.1. The molecular formula is C21H16N2O2. The van der Waals surface area contributed by atoms with Crippen molar-refractivity contribution in [3.8, 4) is 11.5 Å². The van der Waals surface area contributed by atoms with Crippen molar-refractivity contribution < 1.29 is 4.42 Å². The number of aryl methyl sites for hydroxylation is 1. The Balaban J connectivity index is 1.81. The fraction of sp³-hybridized carbons (Fsp3) is 0.0476. The van der Waals surface area contributed by atoms with Crippen molar-refractivity contribution in [2.45, 2.75) is 6.92 Å². The average molecular weight is 328 g/mol. The van der Waals surface area contributed by atoms with Crippen LogP contribution in [0.4, 0.5) is 11.4 Å². The Morgan fingerprint density at radius 2 is 1.60 bits per heavy atom. The molecule has 0 bridgehead atoms. The van der Waals surface area contributed by atoms with Gasteiger partial charge in [0.2, 0.25) is 5.89 Å². The summed E-state index contributed by atoms with van der Waals surface area (Å²) in [4.78, 5) is 16.8. The smallest absolute Gasteiger partial charge is 0.347 e. The Morgan fingerprint density at radius 1 is 0.880 bits per heavy atom. The lowest BCUT2D eigenvalue weighted by Crippen LogP contribution is -2.03. The second-order valence-corrected chi connectivity index (χ2v) is 5.86. The molecule has 122 valence electrons. The zero-order valence-electron chi connectivity index (χ0n) is 13.7. The number of benzene rings is 3. The molecule has 4 rings (SSSR count). The quantitative estimate of drug-likeness (QED) is 0.581. The first-order valence-corrected chi connectivity index (χ1v) is 8.04. The van der Waals surface area contributed by atoms with Gasteiger partial charge in [-0.15, -0.1) is 0 Å². The summed E-state index contributed by atoms with van der Waals surface area (Å²) in [7, 11) is 0. The van der Waals surface area contributed by atoms with Crippen molar-refractivity contribution in [3.63, 3.8) is 0 Å². The largest absolute Gasteiger partial charge is 0.403 e. The SMILES string of the molecule is Cc1ccc(Nc2ccccc2-c2nc3ccccc3c(=O)o2)cc1. The van der Waals surface area contributed by atoms with Gasteiger partial charge in [-0.05, 0) is 43.3 Å². The first-order chi connectivity index (χ1) is 12.2. The molecule has 0 fully saturated rings. The molecular weight excluding hydrogens is 312 g/mol. The Bertz CT molecular complexity index is 1100. The molecule has 4 heteroatoms. The Hall–Kier alpha value is -3.40. The molecule has 0 saturated carbocycles. The molecule has 0 atom stereocenters. The maximum absolute atomic E-state index is 12.3. The molecule has 1 N–H and O–H groups in total. The summed E-state index contributed by atoms with van der Waals surface area (Å²) in [5, 5.41) is 3.85. The van der Waals surface area contributed by atoms with E-state index in [-0.39, 0.29) is 5.63 Å². The van der Waals surface area contributed by atoms with E-state index in [4.69, 9.17) is 4.42 Å². The molecule has 1 aromatic heterocycles. The number of rotatable bonds is 3. The highest BCUT2D eigenvalue weighted by atomic mass is 16.4. The highest BCUT2D eigenvalue weighted by Crippen LogP contribution is 2.29. The van der Waals surface area contributed by atoms with E-state index >= 15 is 0 Å². The minimum Gasteiger partial charge on any atom is -0.403 e. The van der Waals surface area contributed by atoms with Gasteiger partial charge < -0.3 is 9.73 Å². The molecule has 0 spiro atoms. The minimum atomic E-state index is -0.384. The van der Waals surface area contributed by atoms with Gasteiger partial charge in [-0.2, -0.15) is 0 Å². The van der Waals surface area contributed by atoms with Gasteiger partial charge in [-0.3, -0.25) is 0 Å². The van der Waals surface area contributed by atoms with Gasteiger partial charge >= 0.3 is 5.63 Å². The van der Waals surface area contributed by atoms with Crippen LogP contribution in [0.1, 0.15) is 5.56 Å². The van der Waals surface area contributed by atoms with Gasteiger partial charge in [0.1, 0.15) is 0 Å².